The molecule has 0 spiro atoms. The molecule has 0 saturated carbocycles. The van der Waals surface area contributed by atoms with Gasteiger partial charge in [-0.05, 0) is 41.9 Å². The number of nitrogens with one attached hydrogen (secondary N) is 1. The Kier molecular flexibility index (Phi) is 2.79. The van der Waals surface area contributed by atoms with Crippen molar-refractivity contribution < 1.29 is 0 Å². The predicted octanol–water partition coefficient (Wildman–Crippen LogP) is 1.95. The molecule has 4 nitrogen and oxygen atoms in total. The summed E-state index contributed by atoms with van der Waals surface area (Å²) in [5.41, 5.74) is 1.83. The van der Waals surface area contributed by atoms with Crippen LogP contribution in [0.15, 0.2) is 18.2 Å². The summed E-state index contributed by atoms with van der Waals surface area (Å²) in [5.74, 6) is 0. The van der Waals surface area contributed by atoms with E-state index in [2.05, 4.69) is 14.9 Å². The van der Waals surface area contributed by atoms with E-state index in [9.17, 15) is 0 Å². The van der Waals surface area contributed by atoms with Crippen LogP contribution in [0.1, 0.15) is 0 Å². The van der Waals surface area contributed by atoms with Gasteiger partial charge in [-0.2, -0.15) is 0 Å². The number of aromatic nitrogens is 2. The van der Waals surface area contributed by atoms with E-state index in [0.29, 0.717) is 5.11 Å². The number of hydrogen-bond donors (Lipinski definition) is 1. The van der Waals surface area contributed by atoms with Gasteiger partial charge >= 0.3 is 0 Å². The number of rotatable bonds is 1. The first-order valence-electron chi connectivity index (χ1n) is 4.37. The molecule has 1 aromatic heterocycles. The highest BCUT2D eigenvalue weighted by molar-refractivity contribution is 7.80. The van der Waals surface area contributed by atoms with E-state index in [1.54, 1.807) is 0 Å². The summed E-state index contributed by atoms with van der Waals surface area (Å²) in [6.07, 6.45) is 0. The quantitative estimate of drug-likeness (QED) is 0.769. The fraction of sp³-hybridized carbons (Fsp3) is 0.222. The van der Waals surface area contributed by atoms with Crippen molar-refractivity contribution in [3.63, 3.8) is 0 Å². The lowest BCUT2D eigenvalue weighted by Gasteiger charge is -2.15. The van der Waals surface area contributed by atoms with E-state index < -0.39 is 0 Å². The molecule has 1 N–H and O–H groups in total. The highest BCUT2D eigenvalue weighted by Crippen LogP contribution is 2.19. The molecule has 0 fully saturated rings. The molecular formula is C9H10N4S2. The topological polar surface area (TPSA) is 41.0 Å². The molecule has 0 unspecified atom stereocenters. The maximum absolute atomic E-state index is 5.14. The largest absolute Gasteiger partial charge is 0.355 e. The predicted molar refractivity (Wildman–Crippen MR) is 67.3 cm³/mol. The van der Waals surface area contributed by atoms with Crippen molar-refractivity contribution in [2.45, 2.75) is 0 Å². The van der Waals surface area contributed by atoms with Crippen LogP contribution in [0.2, 0.25) is 0 Å². The summed E-state index contributed by atoms with van der Waals surface area (Å²) in [6, 6.07) is 5.90. The molecule has 78 valence electrons. The van der Waals surface area contributed by atoms with Gasteiger partial charge in [0.15, 0.2) is 5.11 Å². The highest BCUT2D eigenvalue weighted by atomic mass is 32.1. The first-order valence-corrected chi connectivity index (χ1v) is 5.55. The molecule has 0 radical (unpaired) electrons. The van der Waals surface area contributed by atoms with Gasteiger partial charge in [-0.3, -0.25) is 0 Å². The fourth-order valence-electron chi connectivity index (χ4n) is 1.09. The van der Waals surface area contributed by atoms with Crippen LogP contribution in [0, 0.1) is 0 Å². The van der Waals surface area contributed by atoms with Crippen LogP contribution in [-0.4, -0.2) is 33.7 Å². The molecule has 1 aromatic carbocycles. The molecule has 6 heteroatoms. The van der Waals surface area contributed by atoms with E-state index in [-0.39, 0.29) is 0 Å². The molecule has 0 bridgehead atoms. The van der Waals surface area contributed by atoms with Crippen molar-refractivity contribution in [3.8, 4) is 0 Å². The third-order valence-electron chi connectivity index (χ3n) is 1.90. The zero-order chi connectivity index (χ0) is 10.8. The maximum Gasteiger partial charge on any atom is 0.172 e. The summed E-state index contributed by atoms with van der Waals surface area (Å²) in [7, 11) is 3.80. The van der Waals surface area contributed by atoms with Gasteiger partial charge in [0.1, 0.15) is 5.52 Å². The zero-order valence-corrected chi connectivity index (χ0v) is 10.0. The van der Waals surface area contributed by atoms with Crippen LogP contribution < -0.4 is 5.32 Å². The fourth-order valence-corrected chi connectivity index (χ4v) is 1.75. The second kappa shape index (κ2) is 4.08. The normalized spacial score (nSPS) is 10.3. The van der Waals surface area contributed by atoms with Crippen molar-refractivity contribution >= 4 is 44.8 Å². The number of nitrogens with zero attached hydrogens (tertiary/aromatic N) is 3. The Morgan fingerprint density at radius 2 is 2.27 bits per heavy atom. The highest BCUT2D eigenvalue weighted by Gasteiger charge is 2.02. The lowest BCUT2D eigenvalue weighted by molar-refractivity contribution is 0.634. The standard InChI is InChI=1S/C9H10N4S2/c1-13(2)9(14)10-6-3-4-8-7(5-6)11-12-15-8/h3-5H,1-2H3,(H,10,14). The van der Waals surface area contributed by atoms with Gasteiger partial charge in [0, 0.05) is 19.8 Å². The Hall–Kier alpha value is -1.27. The Labute approximate surface area is 97.1 Å². The third-order valence-corrected chi connectivity index (χ3v) is 3.08. The van der Waals surface area contributed by atoms with E-state index in [0.717, 1.165) is 15.9 Å². The van der Waals surface area contributed by atoms with Gasteiger partial charge < -0.3 is 10.2 Å². The van der Waals surface area contributed by atoms with E-state index in [1.165, 1.54) is 11.5 Å². The SMILES string of the molecule is CN(C)C(=S)Nc1ccc2snnc2c1. The number of anilines is 1. The third kappa shape index (κ3) is 2.21. The first kappa shape index (κ1) is 10.3. The van der Waals surface area contributed by atoms with Crippen molar-refractivity contribution in [2.24, 2.45) is 0 Å². The van der Waals surface area contributed by atoms with Crippen molar-refractivity contribution in [3.05, 3.63) is 18.2 Å². The number of thiocarbonyl (C=S) groups is 1. The average Bonchev–Trinajstić information content (AvgIpc) is 2.64. The van der Waals surface area contributed by atoms with Gasteiger partial charge in [-0.1, -0.05) is 4.49 Å². The molecule has 0 atom stereocenters. The van der Waals surface area contributed by atoms with E-state index in [4.69, 9.17) is 12.2 Å². The molecule has 2 aromatic rings. The Morgan fingerprint density at radius 3 is 3.00 bits per heavy atom. The Balaban J connectivity index is 2.25. The average molecular weight is 238 g/mol. The Bertz CT molecular complexity index is 492. The molecule has 0 aliphatic carbocycles. The molecule has 1 heterocycles. The molecule has 15 heavy (non-hydrogen) atoms. The minimum atomic E-state index is 0.678. The van der Waals surface area contributed by atoms with Gasteiger partial charge in [0.2, 0.25) is 0 Å². The smallest absolute Gasteiger partial charge is 0.172 e. The number of fused-ring (bicyclic) bond motifs is 1. The molecule has 0 aliphatic heterocycles. The molecule has 0 saturated heterocycles. The first-order chi connectivity index (χ1) is 7.16. The number of hydrogen-bond acceptors (Lipinski definition) is 4. The monoisotopic (exact) mass is 238 g/mol. The van der Waals surface area contributed by atoms with Gasteiger partial charge in [-0.25, -0.2) is 0 Å². The lowest BCUT2D eigenvalue weighted by atomic mass is 10.3. The van der Waals surface area contributed by atoms with Gasteiger partial charge in [0.05, 0.1) is 4.70 Å². The minimum Gasteiger partial charge on any atom is -0.355 e. The van der Waals surface area contributed by atoms with Crippen molar-refractivity contribution in [1.29, 1.82) is 0 Å². The second-order valence-electron chi connectivity index (χ2n) is 3.28. The Morgan fingerprint density at radius 1 is 1.47 bits per heavy atom. The summed E-state index contributed by atoms with van der Waals surface area (Å²) >= 11 is 6.53. The summed E-state index contributed by atoms with van der Waals surface area (Å²) in [5, 5.41) is 7.80. The van der Waals surface area contributed by atoms with E-state index in [1.807, 2.05) is 37.2 Å². The molecular weight excluding hydrogens is 228 g/mol. The summed E-state index contributed by atoms with van der Waals surface area (Å²) in [4.78, 5) is 1.85. The van der Waals surface area contributed by atoms with Crippen LogP contribution in [0.25, 0.3) is 10.2 Å². The van der Waals surface area contributed by atoms with Gasteiger partial charge in [0.25, 0.3) is 0 Å². The van der Waals surface area contributed by atoms with Crippen LogP contribution in [0.4, 0.5) is 5.69 Å². The second-order valence-corrected chi connectivity index (χ2v) is 4.45. The van der Waals surface area contributed by atoms with E-state index >= 15 is 0 Å². The summed E-state index contributed by atoms with van der Waals surface area (Å²) in [6.45, 7) is 0. The maximum atomic E-state index is 5.14. The molecule has 2 rings (SSSR count). The van der Waals surface area contributed by atoms with Crippen LogP contribution >= 0.6 is 23.8 Å². The van der Waals surface area contributed by atoms with Crippen LogP contribution in [0.3, 0.4) is 0 Å². The minimum absolute atomic E-state index is 0.678. The molecule has 0 amide bonds. The van der Waals surface area contributed by atoms with Crippen molar-refractivity contribution in [2.75, 3.05) is 19.4 Å². The van der Waals surface area contributed by atoms with Crippen molar-refractivity contribution in [1.82, 2.24) is 14.5 Å². The van der Waals surface area contributed by atoms with Gasteiger partial charge in [-0.15, -0.1) is 5.10 Å². The summed E-state index contributed by atoms with van der Waals surface area (Å²) < 4.78 is 4.96. The molecule has 0 aliphatic rings. The zero-order valence-electron chi connectivity index (χ0n) is 8.39. The lowest BCUT2D eigenvalue weighted by Crippen LogP contribution is -2.26. The number of benzene rings is 1. The van der Waals surface area contributed by atoms with Crippen LogP contribution in [-0.2, 0) is 0 Å². The van der Waals surface area contributed by atoms with Crippen LogP contribution in [0.5, 0.6) is 0 Å².